The summed E-state index contributed by atoms with van der Waals surface area (Å²) in [4.78, 5) is 6.20. The third-order valence-corrected chi connectivity index (χ3v) is 2.99. The molecule has 0 bridgehead atoms. The SMILES string of the molecule is CN(Cc1ccc(F)cc1)c1ncc(Br)cc1N. The summed E-state index contributed by atoms with van der Waals surface area (Å²) in [7, 11) is 1.90. The van der Waals surface area contributed by atoms with E-state index >= 15 is 0 Å². The monoisotopic (exact) mass is 309 g/mol. The molecule has 1 aromatic heterocycles. The smallest absolute Gasteiger partial charge is 0.151 e. The molecule has 0 aliphatic rings. The molecule has 0 aliphatic carbocycles. The highest BCUT2D eigenvalue weighted by Crippen LogP contribution is 2.23. The quantitative estimate of drug-likeness (QED) is 0.946. The van der Waals surface area contributed by atoms with Crippen molar-refractivity contribution in [3.8, 4) is 0 Å². The molecule has 2 N–H and O–H groups in total. The van der Waals surface area contributed by atoms with Crippen molar-refractivity contribution in [2.75, 3.05) is 17.7 Å². The second-order valence-corrected chi connectivity index (χ2v) is 4.96. The Balaban J connectivity index is 2.16. The third-order valence-electron chi connectivity index (χ3n) is 2.56. The summed E-state index contributed by atoms with van der Waals surface area (Å²) in [6.45, 7) is 0.624. The van der Waals surface area contributed by atoms with Gasteiger partial charge < -0.3 is 10.6 Å². The molecule has 0 saturated carbocycles. The number of benzene rings is 1. The molecular weight excluding hydrogens is 297 g/mol. The van der Waals surface area contributed by atoms with Crippen LogP contribution in [0.15, 0.2) is 41.0 Å². The van der Waals surface area contributed by atoms with E-state index in [0.29, 0.717) is 18.1 Å². The van der Waals surface area contributed by atoms with Crippen LogP contribution in [0.1, 0.15) is 5.56 Å². The van der Waals surface area contributed by atoms with Crippen molar-refractivity contribution in [1.82, 2.24) is 4.98 Å². The van der Waals surface area contributed by atoms with Crippen LogP contribution in [0, 0.1) is 5.82 Å². The maximum Gasteiger partial charge on any atom is 0.151 e. The Bertz CT molecular complexity index is 542. The molecule has 0 amide bonds. The van der Waals surface area contributed by atoms with Gasteiger partial charge in [-0.2, -0.15) is 0 Å². The fourth-order valence-electron chi connectivity index (χ4n) is 1.71. The standard InChI is InChI=1S/C13H13BrFN3/c1-18(8-9-2-4-11(15)5-3-9)13-12(16)6-10(14)7-17-13/h2-7H,8,16H2,1H3. The molecule has 3 nitrogen and oxygen atoms in total. The van der Waals surface area contributed by atoms with Gasteiger partial charge in [-0.3, -0.25) is 0 Å². The van der Waals surface area contributed by atoms with Crippen molar-refractivity contribution >= 4 is 27.4 Å². The number of rotatable bonds is 3. The number of nitrogens with two attached hydrogens (primary N) is 1. The van der Waals surface area contributed by atoms with Gasteiger partial charge in [0.15, 0.2) is 5.82 Å². The number of aromatic nitrogens is 1. The maximum atomic E-state index is 12.8. The summed E-state index contributed by atoms with van der Waals surface area (Å²) in [5.74, 6) is 0.477. The number of halogens is 2. The Hall–Kier alpha value is -1.62. The van der Waals surface area contributed by atoms with Gasteiger partial charge in [0.25, 0.3) is 0 Å². The van der Waals surface area contributed by atoms with Crippen LogP contribution >= 0.6 is 15.9 Å². The summed E-state index contributed by atoms with van der Waals surface area (Å²) in [5.41, 5.74) is 7.51. The van der Waals surface area contributed by atoms with E-state index in [1.54, 1.807) is 18.3 Å². The molecule has 18 heavy (non-hydrogen) atoms. The Morgan fingerprint density at radius 3 is 2.61 bits per heavy atom. The lowest BCUT2D eigenvalue weighted by Crippen LogP contribution is -2.19. The fourth-order valence-corrected chi connectivity index (χ4v) is 2.05. The Labute approximate surface area is 114 Å². The minimum atomic E-state index is -0.234. The highest BCUT2D eigenvalue weighted by atomic mass is 79.9. The normalized spacial score (nSPS) is 10.4. The van der Waals surface area contributed by atoms with E-state index in [2.05, 4.69) is 20.9 Å². The zero-order valence-electron chi connectivity index (χ0n) is 9.90. The zero-order valence-corrected chi connectivity index (χ0v) is 11.5. The highest BCUT2D eigenvalue weighted by Gasteiger charge is 2.08. The topological polar surface area (TPSA) is 42.2 Å². The summed E-state index contributed by atoms with van der Waals surface area (Å²) in [5, 5.41) is 0. The van der Waals surface area contributed by atoms with Crippen molar-refractivity contribution < 1.29 is 4.39 Å². The fraction of sp³-hybridized carbons (Fsp3) is 0.154. The van der Waals surface area contributed by atoms with Crippen LogP contribution in [-0.2, 0) is 6.54 Å². The Morgan fingerprint density at radius 2 is 2.00 bits per heavy atom. The van der Waals surface area contributed by atoms with Gasteiger partial charge in [-0.15, -0.1) is 0 Å². The number of anilines is 2. The molecule has 2 aromatic rings. The molecule has 0 saturated heterocycles. The maximum absolute atomic E-state index is 12.8. The van der Waals surface area contributed by atoms with E-state index < -0.39 is 0 Å². The minimum Gasteiger partial charge on any atom is -0.396 e. The molecular formula is C13H13BrFN3. The van der Waals surface area contributed by atoms with E-state index in [1.165, 1.54) is 12.1 Å². The molecule has 0 radical (unpaired) electrons. The van der Waals surface area contributed by atoms with E-state index in [4.69, 9.17) is 5.73 Å². The summed E-state index contributed by atoms with van der Waals surface area (Å²) in [6.07, 6.45) is 1.70. The lowest BCUT2D eigenvalue weighted by molar-refractivity contribution is 0.627. The molecule has 0 atom stereocenters. The molecule has 94 valence electrons. The van der Waals surface area contributed by atoms with Gasteiger partial charge in [0.2, 0.25) is 0 Å². The first-order valence-electron chi connectivity index (χ1n) is 5.43. The van der Waals surface area contributed by atoms with Gasteiger partial charge in [0, 0.05) is 24.3 Å². The number of pyridine rings is 1. The van der Waals surface area contributed by atoms with Gasteiger partial charge in [-0.05, 0) is 39.7 Å². The molecule has 1 aromatic carbocycles. The van der Waals surface area contributed by atoms with Crippen molar-refractivity contribution in [3.63, 3.8) is 0 Å². The predicted octanol–water partition coefficient (Wildman–Crippen LogP) is 3.20. The average molecular weight is 310 g/mol. The second kappa shape index (κ2) is 5.35. The van der Waals surface area contributed by atoms with Crippen LogP contribution in [-0.4, -0.2) is 12.0 Å². The third kappa shape index (κ3) is 2.98. The van der Waals surface area contributed by atoms with Gasteiger partial charge >= 0.3 is 0 Å². The second-order valence-electron chi connectivity index (χ2n) is 4.05. The number of nitrogen functional groups attached to an aromatic ring is 1. The van der Waals surface area contributed by atoms with Crippen LogP contribution in [0.2, 0.25) is 0 Å². The lowest BCUT2D eigenvalue weighted by Gasteiger charge is -2.20. The minimum absolute atomic E-state index is 0.234. The number of nitrogens with zero attached hydrogens (tertiary/aromatic N) is 2. The van der Waals surface area contributed by atoms with Crippen molar-refractivity contribution in [2.45, 2.75) is 6.54 Å². The molecule has 5 heteroatoms. The average Bonchev–Trinajstić information content (AvgIpc) is 2.32. The van der Waals surface area contributed by atoms with Crippen LogP contribution in [0.4, 0.5) is 15.9 Å². The first-order valence-corrected chi connectivity index (χ1v) is 6.22. The van der Waals surface area contributed by atoms with Gasteiger partial charge in [0.1, 0.15) is 5.82 Å². The van der Waals surface area contributed by atoms with Gasteiger partial charge in [-0.1, -0.05) is 12.1 Å². The molecule has 1 heterocycles. The van der Waals surface area contributed by atoms with Crippen molar-refractivity contribution in [1.29, 1.82) is 0 Å². The Morgan fingerprint density at radius 1 is 1.33 bits per heavy atom. The first-order chi connectivity index (χ1) is 8.56. The van der Waals surface area contributed by atoms with Crippen LogP contribution < -0.4 is 10.6 Å². The lowest BCUT2D eigenvalue weighted by atomic mass is 10.2. The molecule has 2 rings (SSSR count). The molecule has 0 spiro atoms. The van der Waals surface area contributed by atoms with Crippen molar-refractivity contribution in [2.24, 2.45) is 0 Å². The highest BCUT2D eigenvalue weighted by molar-refractivity contribution is 9.10. The van der Waals surface area contributed by atoms with E-state index in [9.17, 15) is 4.39 Å². The molecule has 0 fully saturated rings. The van der Waals surface area contributed by atoms with Crippen molar-refractivity contribution in [3.05, 3.63) is 52.4 Å². The molecule has 0 aliphatic heterocycles. The van der Waals surface area contributed by atoms with E-state index in [0.717, 1.165) is 10.0 Å². The summed E-state index contributed by atoms with van der Waals surface area (Å²) >= 11 is 3.32. The van der Waals surface area contributed by atoms with Crippen LogP contribution in [0.3, 0.4) is 0 Å². The van der Waals surface area contributed by atoms with Crippen LogP contribution in [0.5, 0.6) is 0 Å². The van der Waals surface area contributed by atoms with Gasteiger partial charge in [0.05, 0.1) is 5.69 Å². The number of hydrogen-bond acceptors (Lipinski definition) is 3. The first kappa shape index (κ1) is 12.8. The molecule has 0 unspecified atom stereocenters. The summed E-state index contributed by atoms with van der Waals surface area (Å²) < 4.78 is 13.7. The largest absolute Gasteiger partial charge is 0.396 e. The Kier molecular flexibility index (Phi) is 3.81. The van der Waals surface area contributed by atoms with E-state index in [1.807, 2.05) is 18.0 Å². The van der Waals surface area contributed by atoms with E-state index in [-0.39, 0.29) is 5.82 Å². The number of hydrogen-bond donors (Lipinski definition) is 1. The van der Waals surface area contributed by atoms with Gasteiger partial charge in [-0.25, -0.2) is 9.37 Å². The van der Waals surface area contributed by atoms with Crippen LogP contribution in [0.25, 0.3) is 0 Å². The predicted molar refractivity (Wildman–Crippen MR) is 74.9 cm³/mol. The zero-order chi connectivity index (χ0) is 13.1. The summed E-state index contributed by atoms with van der Waals surface area (Å²) in [6, 6.07) is 8.20.